The van der Waals surface area contributed by atoms with Gasteiger partial charge in [0.15, 0.2) is 0 Å². The van der Waals surface area contributed by atoms with Gasteiger partial charge in [0.25, 0.3) is 0 Å². The summed E-state index contributed by atoms with van der Waals surface area (Å²) >= 11 is 0. The molecule has 1 amide bonds. The SMILES string of the molecule is Cc1c(CCN2CCCCC2)ccnc1-c1cccc2c(C[C@H](NC(=O)C3(C(F)(F)F)CCN(CC(F)(F)F)CC3)C(=O)O)cccc12. The van der Waals surface area contributed by atoms with E-state index in [4.69, 9.17) is 0 Å². The van der Waals surface area contributed by atoms with E-state index < -0.39 is 68.2 Å². The predicted octanol–water partition coefficient (Wildman–Crippen LogP) is 6.56. The number of likely N-dealkylation sites (tertiary alicyclic amines) is 2. The van der Waals surface area contributed by atoms with Crippen LogP contribution in [0.3, 0.4) is 0 Å². The normalized spacial score (nSPS) is 18.5. The predicted molar refractivity (Wildman–Crippen MR) is 169 cm³/mol. The van der Waals surface area contributed by atoms with Crippen molar-refractivity contribution in [3.63, 3.8) is 0 Å². The fourth-order valence-electron chi connectivity index (χ4n) is 7.04. The lowest BCUT2D eigenvalue weighted by Gasteiger charge is -2.42. The van der Waals surface area contributed by atoms with Gasteiger partial charge in [0.2, 0.25) is 5.91 Å². The maximum absolute atomic E-state index is 14.4. The lowest BCUT2D eigenvalue weighted by atomic mass is 9.76. The Bertz CT molecular complexity index is 1610. The Balaban J connectivity index is 1.37. The van der Waals surface area contributed by atoms with E-state index in [9.17, 15) is 41.0 Å². The average molecular weight is 679 g/mol. The summed E-state index contributed by atoms with van der Waals surface area (Å²) in [6.45, 7) is 2.56. The Labute approximate surface area is 275 Å². The number of amides is 1. The Hall–Kier alpha value is -3.71. The van der Waals surface area contributed by atoms with Crippen molar-refractivity contribution < 1.29 is 41.0 Å². The number of carboxylic acids is 1. The number of hydrogen-bond donors (Lipinski definition) is 2. The molecule has 1 atom stereocenters. The number of hydrogen-bond acceptors (Lipinski definition) is 5. The van der Waals surface area contributed by atoms with Crippen molar-refractivity contribution in [1.82, 2.24) is 20.1 Å². The van der Waals surface area contributed by atoms with Crippen LogP contribution in [-0.2, 0) is 22.4 Å². The van der Waals surface area contributed by atoms with Gasteiger partial charge >= 0.3 is 18.3 Å². The van der Waals surface area contributed by atoms with Crippen LogP contribution in [0.15, 0.2) is 48.7 Å². The minimum atomic E-state index is -5.09. The van der Waals surface area contributed by atoms with E-state index >= 15 is 0 Å². The van der Waals surface area contributed by atoms with Crippen molar-refractivity contribution in [2.75, 3.05) is 39.3 Å². The molecule has 2 aromatic carbocycles. The lowest BCUT2D eigenvalue weighted by molar-refractivity contribution is -0.236. The molecule has 2 saturated heterocycles. The van der Waals surface area contributed by atoms with Gasteiger partial charge in [0.05, 0.1) is 12.2 Å². The van der Waals surface area contributed by atoms with E-state index in [0.29, 0.717) is 10.9 Å². The molecule has 0 spiro atoms. The number of halogens is 6. The quantitative estimate of drug-likeness (QED) is 0.237. The van der Waals surface area contributed by atoms with Crippen LogP contribution in [0.4, 0.5) is 26.3 Å². The van der Waals surface area contributed by atoms with Crippen LogP contribution in [0.5, 0.6) is 0 Å². The van der Waals surface area contributed by atoms with E-state index in [-0.39, 0.29) is 6.42 Å². The van der Waals surface area contributed by atoms with Crippen molar-refractivity contribution in [1.29, 1.82) is 0 Å². The minimum Gasteiger partial charge on any atom is -0.480 e. The molecule has 260 valence electrons. The Kier molecular flexibility index (Phi) is 10.7. The van der Waals surface area contributed by atoms with Crippen molar-refractivity contribution in [3.05, 3.63) is 65.4 Å². The number of rotatable bonds is 10. The zero-order valence-corrected chi connectivity index (χ0v) is 26.8. The highest BCUT2D eigenvalue weighted by Crippen LogP contribution is 2.47. The molecule has 3 heterocycles. The smallest absolute Gasteiger partial charge is 0.403 e. The third-order valence-corrected chi connectivity index (χ3v) is 9.85. The average Bonchev–Trinajstić information content (AvgIpc) is 3.03. The molecule has 2 aliphatic heterocycles. The summed E-state index contributed by atoms with van der Waals surface area (Å²) < 4.78 is 81.6. The highest BCUT2D eigenvalue weighted by Gasteiger charge is 2.61. The van der Waals surface area contributed by atoms with Crippen LogP contribution in [0.2, 0.25) is 0 Å². The third-order valence-electron chi connectivity index (χ3n) is 9.85. The Morgan fingerprint density at radius 3 is 2.21 bits per heavy atom. The highest BCUT2D eigenvalue weighted by atomic mass is 19.4. The fraction of sp³-hybridized carbons (Fsp3) is 0.514. The van der Waals surface area contributed by atoms with Gasteiger partial charge in [-0.25, -0.2) is 4.79 Å². The number of aromatic nitrogens is 1. The molecule has 13 heteroatoms. The summed E-state index contributed by atoms with van der Waals surface area (Å²) in [6.07, 6.45) is -5.50. The largest absolute Gasteiger partial charge is 0.480 e. The van der Waals surface area contributed by atoms with Gasteiger partial charge in [0, 0.05) is 24.7 Å². The number of piperidine rings is 2. The first-order valence-corrected chi connectivity index (χ1v) is 16.3. The topological polar surface area (TPSA) is 85.8 Å². The molecule has 2 N–H and O–H groups in total. The Morgan fingerprint density at radius 2 is 1.56 bits per heavy atom. The summed E-state index contributed by atoms with van der Waals surface area (Å²) in [4.78, 5) is 33.5. The van der Waals surface area contributed by atoms with E-state index in [1.165, 1.54) is 24.8 Å². The number of alkyl halides is 6. The van der Waals surface area contributed by atoms with Crippen LogP contribution < -0.4 is 5.32 Å². The van der Waals surface area contributed by atoms with Gasteiger partial charge in [0.1, 0.15) is 11.5 Å². The maximum Gasteiger partial charge on any atom is 0.403 e. The zero-order chi connectivity index (χ0) is 34.7. The molecule has 0 aliphatic carbocycles. The highest BCUT2D eigenvalue weighted by molar-refractivity contribution is 5.98. The molecule has 0 saturated carbocycles. The summed E-state index contributed by atoms with van der Waals surface area (Å²) in [5.41, 5.74) is 1.31. The summed E-state index contributed by atoms with van der Waals surface area (Å²) in [7, 11) is 0. The number of fused-ring (bicyclic) bond motifs is 1. The molecule has 2 fully saturated rings. The first kappa shape index (κ1) is 35.6. The standard InChI is InChI=1S/C35H40F6N4O3/c1-23-24(12-18-44-16-3-2-4-17-44)11-15-42-30(23)28-10-6-8-26-25(7-5-9-27(26)28)21-29(31(46)47)43-32(48)33(35(39,40)41)13-19-45(20-14-33)22-34(36,37)38/h5-11,15,29H,2-4,12-14,16-22H2,1H3,(H,43,48)(H,46,47)/t29-/m0/s1. The molecular weight excluding hydrogens is 638 g/mol. The number of carboxylic acid groups (broad SMARTS) is 1. The van der Waals surface area contributed by atoms with E-state index in [1.807, 2.05) is 31.2 Å². The van der Waals surface area contributed by atoms with Crippen molar-refractivity contribution in [2.24, 2.45) is 5.41 Å². The fourth-order valence-corrected chi connectivity index (χ4v) is 7.04. The van der Waals surface area contributed by atoms with Crippen LogP contribution >= 0.6 is 0 Å². The molecule has 1 aromatic heterocycles. The van der Waals surface area contributed by atoms with Crippen molar-refractivity contribution in [2.45, 2.75) is 70.3 Å². The van der Waals surface area contributed by atoms with Crippen LogP contribution in [0.1, 0.15) is 48.8 Å². The van der Waals surface area contributed by atoms with Gasteiger partial charge < -0.3 is 15.3 Å². The second-order valence-corrected chi connectivity index (χ2v) is 13.0. The van der Waals surface area contributed by atoms with Crippen molar-refractivity contribution >= 4 is 22.6 Å². The first-order chi connectivity index (χ1) is 22.7. The summed E-state index contributed by atoms with van der Waals surface area (Å²) in [5, 5.41) is 13.6. The van der Waals surface area contributed by atoms with E-state index in [0.717, 1.165) is 53.2 Å². The van der Waals surface area contributed by atoms with Gasteiger partial charge in [-0.1, -0.05) is 42.8 Å². The molecule has 5 rings (SSSR count). The van der Waals surface area contributed by atoms with Gasteiger partial charge in [-0.2, -0.15) is 26.3 Å². The molecule has 0 bridgehead atoms. The monoisotopic (exact) mass is 678 g/mol. The second-order valence-electron chi connectivity index (χ2n) is 13.0. The number of benzene rings is 2. The molecule has 0 radical (unpaired) electrons. The molecule has 7 nitrogen and oxygen atoms in total. The molecule has 48 heavy (non-hydrogen) atoms. The zero-order valence-electron chi connectivity index (χ0n) is 26.8. The number of pyridine rings is 1. The molecule has 2 aliphatic rings. The van der Waals surface area contributed by atoms with E-state index in [1.54, 1.807) is 24.4 Å². The number of carbonyl (C=O) groups excluding carboxylic acids is 1. The number of carbonyl (C=O) groups is 2. The Morgan fingerprint density at radius 1 is 0.896 bits per heavy atom. The second kappa shape index (κ2) is 14.4. The number of nitrogens with zero attached hydrogens (tertiary/aromatic N) is 3. The number of aliphatic carboxylic acids is 1. The molecule has 0 unspecified atom stereocenters. The lowest BCUT2D eigenvalue weighted by Crippen LogP contribution is -2.59. The van der Waals surface area contributed by atoms with Crippen LogP contribution in [0.25, 0.3) is 22.0 Å². The summed E-state index contributed by atoms with van der Waals surface area (Å²) in [5.74, 6) is -3.07. The van der Waals surface area contributed by atoms with Crippen LogP contribution in [0, 0.1) is 12.3 Å². The van der Waals surface area contributed by atoms with Crippen molar-refractivity contribution in [3.8, 4) is 11.3 Å². The maximum atomic E-state index is 14.4. The minimum absolute atomic E-state index is 0.307. The number of nitrogens with one attached hydrogen (secondary N) is 1. The van der Waals surface area contributed by atoms with Gasteiger partial charge in [-0.15, -0.1) is 0 Å². The first-order valence-electron chi connectivity index (χ1n) is 16.3. The van der Waals surface area contributed by atoms with Gasteiger partial charge in [-0.3, -0.25) is 14.7 Å². The third kappa shape index (κ3) is 7.94. The van der Waals surface area contributed by atoms with Gasteiger partial charge in [-0.05, 0) is 98.7 Å². The molecular formula is C35H40F6N4O3. The van der Waals surface area contributed by atoms with Crippen LogP contribution in [-0.4, -0.2) is 89.4 Å². The summed E-state index contributed by atoms with van der Waals surface area (Å²) in [6, 6.07) is 11.1. The molecule has 3 aromatic rings. The van der Waals surface area contributed by atoms with E-state index in [2.05, 4.69) is 15.2 Å².